The minimum absolute atomic E-state index is 0.130. The number of ether oxygens (including phenoxy) is 1. The number of nitrogens with one attached hydrogen (secondary N) is 1. The summed E-state index contributed by atoms with van der Waals surface area (Å²) in [5.74, 6) is -0.846. The maximum absolute atomic E-state index is 12.8. The summed E-state index contributed by atoms with van der Waals surface area (Å²) in [5.41, 5.74) is 2.35. The second-order valence-electron chi connectivity index (χ2n) is 5.86. The summed E-state index contributed by atoms with van der Waals surface area (Å²) in [4.78, 5) is 37.6. The second-order valence-corrected chi connectivity index (χ2v) is 5.86. The average molecular weight is 353 g/mol. The first-order valence-corrected chi connectivity index (χ1v) is 8.12. The summed E-state index contributed by atoms with van der Waals surface area (Å²) < 4.78 is 6.76. The van der Waals surface area contributed by atoms with Gasteiger partial charge in [0.2, 0.25) is 5.91 Å². The minimum atomic E-state index is -0.407. The first-order valence-electron chi connectivity index (χ1n) is 8.12. The van der Waals surface area contributed by atoms with E-state index in [0.717, 1.165) is 5.69 Å². The van der Waals surface area contributed by atoms with Crippen molar-refractivity contribution >= 4 is 23.5 Å². The van der Waals surface area contributed by atoms with Crippen LogP contribution in [0, 0.1) is 0 Å². The van der Waals surface area contributed by atoms with Gasteiger partial charge in [0.15, 0.2) is 0 Å². The number of esters is 1. The van der Waals surface area contributed by atoms with Crippen LogP contribution in [0.3, 0.4) is 0 Å². The highest BCUT2D eigenvalue weighted by atomic mass is 16.5. The number of hydrogen-bond donors (Lipinski definition) is 1. The topological polar surface area (TPSA) is 80.6 Å². The zero-order chi connectivity index (χ0) is 18.7. The van der Waals surface area contributed by atoms with E-state index >= 15 is 0 Å². The fourth-order valence-electron chi connectivity index (χ4n) is 2.92. The van der Waals surface area contributed by atoms with E-state index in [2.05, 4.69) is 11.9 Å². The van der Waals surface area contributed by atoms with Crippen molar-refractivity contribution in [2.45, 2.75) is 13.1 Å². The van der Waals surface area contributed by atoms with Gasteiger partial charge in [0.05, 0.1) is 24.9 Å². The largest absolute Gasteiger partial charge is 0.465 e. The predicted molar refractivity (Wildman–Crippen MR) is 95.8 cm³/mol. The fourth-order valence-corrected chi connectivity index (χ4v) is 2.92. The number of aromatic nitrogens is 1. The molecule has 3 rings (SSSR count). The Morgan fingerprint density at radius 1 is 1.15 bits per heavy atom. The minimum Gasteiger partial charge on any atom is -0.465 e. The van der Waals surface area contributed by atoms with Gasteiger partial charge in [-0.1, -0.05) is 6.58 Å². The van der Waals surface area contributed by atoms with Gasteiger partial charge < -0.3 is 19.5 Å². The number of fused-ring (bicyclic) bond motifs is 1. The zero-order valence-corrected chi connectivity index (χ0v) is 14.4. The van der Waals surface area contributed by atoms with Crippen LogP contribution in [0.4, 0.5) is 5.69 Å². The van der Waals surface area contributed by atoms with E-state index in [1.165, 1.54) is 13.2 Å². The van der Waals surface area contributed by atoms with Gasteiger partial charge in [-0.3, -0.25) is 9.59 Å². The molecule has 1 aromatic carbocycles. The Morgan fingerprint density at radius 2 is 1.88 bits per heavy atom. The summed E-state index contributed by atoms with van der Waals surface area (Å²) in [7, 11) is 1.34. The number of amides is 2. The lowest BCUT2D eigenvalue weighted by molar-refractivity contribution is -0.111. The van der Waals surface area contributed by atoms with Crippen LogP contribution < -0.4 is 5.32 Å². The molecule has 2 heterocycles. The van der Waals surface area contributed by atoms with Crippen molar-refractivity contribution in [1.29, 1.82) is 0 Å². The van der Waals surface area contributed by atoms with Gasteiger partial charge >= 0.3 is 5.97 Å². The lowest BCUT2D eigenvalue weighted by Gasteiger charge is -2.29. The molecule has 2 amide bonds. The molecule has 7 heteroatoms. The zero-order valence-electron chi connectivity index (χ0n) is 14.4. The van der Waals surface area contributed by atoms with E-state index in [4.69, 9.17) is 4.74 Å². The van der Waals surface area contributed by atoms with Crippen LogP contribution in [0.2, 0.25) is 0 Å². The van der Waals surface area contributed by atoms with Crippen molar-refractivity contribution in [3.05, 3.63) is 66.0 Å². The Labute approximate surface area is 150 Å². The maximum atomic E-state index is 12.8. The smallest absolute Gasteiger partial charge is 0.339 e. The summed E-state index contributed by atoms with van der Waals surface area (Å²) in [6.07, 6.45) is 3.02. The standard InChI is InChI=1S/C19H19N3O4/c1-3-17(23)20-14-6-4-13(5-7-14)18(24)22-11-10-21-9-8-15(16(21)12-22)19(25)26-2/h3-9H,1,10-12H2,2H3,(H,20,23). The van der Waals surface area contributed by atoms with E-state index < -0.39 is 5.97 Å². The molecule has 0 radical (unpaired) electrons. The molecule has 0 saturated heterocycles. The molecule has 0 aliphatic carbocycles. The third-order valence-corrected chi connectivity index (χ3v) is 4.31. The molecule has 26 heavy (non-hydrogen) atoms. The molecule has 7 nitrogen and oxygen atoms in total. The Balaban J connectivity index is 1.75. The Hall–Kier alpha value is -3.35. The maximum Gasteiger partial charge on any atom is 0.339 e. The lowest BCUT2D eigenvalue weighted by atomic mass is 10.1. The molecular formula is C19H19N3O4. The number of carbonyl (C=O) groups excluding carboxylic acids is 3. The van der Waals surface area contributed by atoms with E-state index in [0.29, 0.717) is 36.4 Å². The van der Waals surface area contributed by atoms with E-state index in [9.17, 15) is 14.4 Å². The lowest BCUT2D eigenvalue weighted by Crippen LogP contribution is -2.38. The summed E-state index contributed by atoms with van der Waals surface area (Å²) in [6.45, 7) is 4.90. The van der Waals surface area contributed by atoms with Crippen molar-refractivity contribution in [1.82, 2.24) is 9.47 Å². The summed E-state index contributed by atoms with van der Waals surface area (Å²) in [6, 6.07) is 8.38. The molecule has 0 unspecified atom stereocenters. The van der Waals surface area contributed by atoms with Gasteiger partial charge in [-0.2, -0.15) is 0 Å². The number of nitrogens with zero attached hydrogens (tertiary/aromatic N) is 2. The van der Waals surface area contributed by atoms with Crippen molar-refractivity contribution in [3.8, 4) is 0 Å². The molecule has 0 fully saturated rings. The molecule has 1 N–H and O–H groups in total. The fraction of sp³-hybridized carbons (Fsp3) is 0.211. The van der Waals surface area contributed by atoms with E-state index in [-0.39, 0.29) is 11.8 Å². The highest BCUT2D eigenvalue weighted by Gasteiger charge is 2.26. The predicted octanol–water partition coefficient (Wildman–Crippen LogP) is 2.06. The molecule has 1 aromatic heterocycles. The number of benzene rings is 1. The van der Waals surface area contributed by atoms with Gasteiger partial charge in [0, 0.05) is 30.5 Å². The first-order chi connectivity index (χ1) is 12.5. The first kappa shape index (κ1) is 17.5. The van der Waals surface area contributed by atoms with Crippen LogP contribution in [0.15, 0.2) is 49.2 Å². The van der Waals surface area contributed by atoms with Crippen LogP contribution in [-0.2, 0) is 22.6 Å². The number of methoxy groups -OCH3 is 1. The summed E-state index contributed by atoms with van der Waals surface area (Å²) >= 11 is 0. The normalized spacial score (nSPS) is 12.9. The molecular weight excluding hydrogens is 334 g/mol. The van der Waals surface area contributed by atoms with E-state index in [1.807, 2.05) is 10.8 Å². The molecule has 1 aliphatic rings. The Bertz CT molecular complexity index is 867. The van der Waals surface area contributed by atoms with Crippen LogP contribution in [-0.4, -0.2) is 40.9 Å². The number of rotatable bonds is 4. The van der Waals surface area contributed by atoms with Gasteiger partial charge in [0.1, 0.15) is 0 Å². The Morgan fingerprint density at radius 3 is 2.54 bits per heavy atom. The quantitative estimate of drug-likeness (QED) is 0.674. The number of anilines is 1. The molecule has 1 aliphatic heterocycles. The Kier molecular flexibility index (Phi) is 4.88. The van der Waals surface area contributed by atoms with Gasteiger partial charge in [0.25, 0.3) is 5.91 Å². The molecule has 134 valence electrons. The van der Waals surface area contributed by atoms with Crippen LogP contribution >= 0.6 is 0 Å². The molecule has 0 saturated carbocycles. The monoisotopic (exact) mass is 353 g/mol. The van der Waals surface area contributed by atoms with Crippen LogP contribution in [0.5, 0.6) is 0 Å². The summed E-state index contributed by atoms with van der Waals surface area (Å²) in [5, 5.41) is 2.64. The number of hydrogen-bond acceptors (Lipinski definition) is 4. The second kappa shape index (κ2) is 7.26. The highest BCUT2D eigenvalue weighted by Crippen LogP contribution is 2.21. The number of carbonyl (C=O) groups is 3. The highest BCUT2D eigenvalue weighted by molar-refractivity contribution is 6.00. The molecule has 2 aromatic rings. The van der Waals surface area contributed by atoms with Gasteiger partial charge in [-0.15, -0.1) is 0 Å². The van der Waals surface area contributed by atoms with Gasteiger partial charge in [-0.25, -0.2) is 4.79 Å². The third-order valence-electron chi connectivity index (χ3n) is 4.31. The van der Waals surface area contributed by atoms with Crippen LogP contribution in [0.25, 0.3) is 0 Å². The molecule has 0 atom stereocenters. The average Bonchev–Trinajstić information content (AvgIpc) is 3.10. The molecule has 0 spiro atoms. The van der Waals surface area contributed by atoms with Crippen molar-refractivity contribution in [2.24, 2.45) is 0 Å². The van der Waals surface area contributed by atoms with Gasteiger partial charge in [-0.05, 0) is 36.4 Å². The van der Waals surface area contributed by atoms with Crippen molar-refractivity contribution in [3.63, 3.8) is 0 Å². The van der Waals surface area contributed by atoms with Crippen molar-refractivity contribution < 1.29 is 19.1 Å². The molecule has 0 bridgehead atoms. The van der Waals surface area contributed by atoms with E-state index in [1.54, 1.807) is 35.2 Å². The van der Waals surface area contributed by atoms with Crippen LogP contribution in [0.1, 0.15) is 26.4 Å². The van der Waals surface area contributed by atoms with Crippen molar-refractivity contribution in [2.75, 3.05) is 19.0 Å². The third kappa shape index (κ3) is 3.37. The SMILES string of the molecule is C=CC(=O)Nc1ccc(C(=O)N2CCn3ccc(C(=O)OC)c3C2)cc1.